The van der Waals surface area contributed by atoms with Crippen molar-refractivity contribution in [2.24, 2.45) is 4.99 Å². The summed E-state index contributed by atoms with van der Waals surface area (Å²) in [5, 5.41) is 7.49. The van der Waals surface area contributed by atoms with Crippen LogP contribution in [0, 0.1) is 6.92 Å². The number of thioether (sulfide) groups is 1. The molecule has 29 heavy (non-hydrogen) atoms. The standard InChI is InChI=1S/C23H27N3O2S/c1-14(2)29-23-24-16(4)20(22(27)25-18-9-7-6-8-10-18)21(26-23)17-12-11-15(3)19(13-17)28-5/h6-14,21H,1-5H3,(H,24,26)(H,25,27)/t21-/m1/s1. The summed E-state index contributed by atoms with van der Waals surface area (Å²) >= 11 is 1.65. The zero-order valence-corrected chi connectivity index (χ0v) is 18.3. The summed E-state index contributed by atoms with van der Waals surface area (Å²) in [5.41, 5.74) is 4.13. The maximum atomic E-state index is 13.2. The van der Waals surface area contributed by atoms with Crippen LogP contribution in [-0.2, 0) is 4.79 Å². The van der Waals surface area contributed by atoms with E-state index in [1.165, 1.54) is 0 Å². The lowest BCUT2D eigenvalue weighted by Crippen LogP contribution is -2.32. The highest BCUT2D eigenvalue weighted by atomic mass is 32.2. The highest BCUT2D eigenvalue weighted by Crippen LogP contribution is 2.35. The predicted octanol–water partition coefficient (Wildman–Crippen LogP) is 5.06. The van der Waals surface area contributed by atoms with Gasteiger partial charge >= 0.3 is 0 Å². The summed E-state index contributed by atoms with van der Waals surface area (Å²) in [6, 6.07) is 15.0. The fraction of sp³-hybridized carbons (Fsp3) is 0.304. The van der Waals surface area contributed by atoms with E-state index < -0.39 is 6.04 Å². The largest absolute Gasteiger partial charge is 0.496 e. The first-order chi connectivity index (χ1) is 13.9. The fourth-order valence-corrected chi connectivity index (χ4v) is 4.02. The topological polar surface area (TPSA) is 62.7 Å². The highest BCUT2D eigenvalue weighted by Gasteiger charge is 2.30. The van der Waals surface area contributed by atoms with Crippen molar-refractivity contribution >= 4 is 28.5 Å². The van der Waals surface area contributed by atoms with Crippen LogP contribution in [0.25, 0.3) is 0 Å². The number of carbonyl (C=O) groups is 1. The Kier molecular flexibility index (Phi) is 6.64. The van der Waals surface area contributed by atoms with Crippen molar-refractivity contribution in [1.82, 2.24) is 5.32 Å². The monoisotopic (exact) mass is 409 g/mol. The number of aryl methyl sites for hydroxylation is 1. The molecule has 2 N–H and O–H groups in total. The van der Waals surface area contributed by atoms with Gasteiger partial charge in [0.2, 0.25) is 0 Å². The Labute approximate surface area is 176 Å². The third-order valence-electron chi connectivity index (χ3n) is 4.59. The van der Waals surface area contributed by atoms with Gasteiger partial charge in [-0.3, -0.25) is 4.79 Å². The first-order valence-corrected chi connectivity index (χ1v) is 10.5. The number of benzene rings is 2. The molecule has 5 nitrogen and oxygen atoms in total. The van der Waals surface area contributed by atoms with Gasteiger partial charge in [-0.1, -0.05) is 55.9 Å². The third kappa shape index (κ3) is 5.01. The van der Waals surface area contributed by atoms with Gasteiger partial charge in [-0.25, -0.2) is 4.99 Å². The van der Waals surface area contributed by atoms with Crippen LogP contribution in [0.2, 0.25) is 0 Å². The fourth-order valence-electron chi connectivity index (χ4n) is 3.19. The van der Waals surface area contributed by atoms with Gasteiger partial charge in [0.05, 0.1) is 12.7 Å². The molecule has 0 saturated heterocycles. The molecule has 0 saturated carbocycles. The van der Waals surface area contributed by atoms with Crippen molar-refractivity contribution in [3.63, 3.8) is 0 Å². The summed E-state index contributed by atoms with van der Waals surface area (Å²) in [6.45, 7) is 8.16. The Hall–Kier alpha value is -2.73. The summed E-state index contributed by atoms with van der Waals surface area (Å²) in [7, 11) is 1.65. The number of allylic oxidation sites excluding steroid dienone is 1. The van der Waals surface area contributed by atoms with Gasteiger partial charge in [0, 0.05) is 16.6 Å². The minimum absolute atomic E-state index is 0.164. The van der Waals surface area contributed by atoms with Crippen molar-refractivity contribution in [3.8, 4) is 5.75 Å². The number of nitrogens with one attached hydrogen (secondary N) is 2. The van der Waals surface area contributed by atoms with Crippen LogP contribution in [0.3, 0.4) is 0 Å². The average Bonchev–Trinajstić information content (AvgIpc) is 2.68. The number of methoxy groups -OCH3 is 1. The van der Waals surface area contributed by atoms with E-state index in [9.17, 15) is 4.79 Å². The molecular formula is C23H27N3O2S. The SMILES string of the molecule is COc1cc([C@H]2N=C(SC(C)C)NC(C)=C2C(=O)Nc2ccccc2)ccc1C. The van der Waals surface area contributed by atoms with Crippen LogP contribution in [-0.4, -0.2) is 23.4 Å². The van der Waals surface area contributed by atoms with Crippen LogP contribution < -0.4 is 15.4 Å². The lowest BCUT2D eigenvalue weighted by Gasteiger charge is -2.27. The Morgan fingerprint density at radius 3 is 2.55 bits per heavy atom. The van der Waals surface area contributed by atoms with Crippen LogP contribution in [0.4, 0.5) is 5.69 Å². The summed E-state index contributed by atoms with van der Waals surface area (Å²) in [4.78, 5) is 18.1. The Balaban J connectivity index is 2.01. The number of amides is 1. The zero-order chi connectivity index (χ0) is 21.0. The molecule has 1 aliphatic rings. The van der Waals surface area contributed by atoms with E-state index in [0.717, 1.165) is 33.4 Å². The van der Waals surface area contributed by atoms with Crippen molar-refractivity contribution in [2.45, 2.75) is 39.0 Å². The number of ether oxygens (including phenoxy) is 1. The van der Waals surface area contributed by atoms with Crippen molar-refractivity contribution in [1.29, 1.82) is 0 Å². The molecule has 152 valence electrons. The molecule has 0 bridgehead atoms. The Morgan fingerprint density at radius 2 is 1.90 bits per heavy atom. The second kappa shape index (κ2) is 9.18. The molecule has 0 spiro atoms. The van der Waals surface area contributed by atoms with E-state index in [-0.39, 0.29) is 5.91 Å². The van der Waals surface area contributed by atoms with E-state index in [2.05, 4.69) is 24.5 Å². The van der Waals surface area contributed by atoms with Crippen LogP contribution in [0.15, 0.2) is 64.8 Å². The molecular weight excluding hydrogens is 382 g/mol. The minimum atomic E-state index is -0.407. The number of aliphatic imine (C=N–C) groups is 1. The number of rotatable bonds is 5. The van der Waals surface area contributed by atoms with Gasteiger partial charge in [-0.15, -0.1) is 0 Å². The number of hydrogen-bond acceptors (Lipinski definition) is 5. The molecule has 1 amide bonds. The van der Waals surface area contributed by atoms with Crippen molar-refractivity contribution in [2.75, 3.05) is 12.4 Å². The number of carbonyl (C=O) groups excluding carboxylic acids is 1. The van der Waals surface area contributed by atoms with Crippen LogP contribution >= 0.6 is 11.8 Å². The van der Waals surface area contributed by atoms with E-state index >= 15 is 0 Å². The molecule has 1 aliphatic heterocycles. The molecule has 6 heteroatoms. The molecule has 0 unspecified atom stereocenters. The zero-order valence-electron chi connectivity index (χ0n) is 17.4. The molecule has 1 heterocycles. The minimum Gasteiger partial charge on any atom is -0.496 e. The molecule has 2 aromatic carbocycles. The van der Waals surface area contributed by atoms with E-state index in [0.29, 0.717) is 10.8 Å². The van der Waals surface area contributed by atoms with Gasteiger partial charge in [0.1, 0.15) is 11.8 Å². The van der Waals surface area contributed by atoms with Crippen molar-refractivity contribution < 1.29 is 9.53 Å². The van der Waals surface area contributed by atoms with Gasteiger partial charge in [0.25, 0.3) is 5.91 Å². The van der Waals surface area contributed by atoms with Gasteiger partial charge in [-0.2, -0.15) is 0 Å². The summed E-state index contributed by atoms with van der Waals surface area (Å²) < 4.78 is 5.50. The highest BCUT2D eigenvalue weighted by molar-refractivity contribution is 8.14. The predicted molar refractivity (Wildman–Crippen MR) is 122 cm³/mol. The van der Waals surface area contributed by atoms with Gasteiger partial charge in [-0.05, 0) is 43.2 Å². The normalized spacial score (nSPS) is 16.3. The summed E-state index contributed by atoms with van der Waals surface area (Å²) in [5.74, 6) is 0.623. The smallest absolute Gasteiger partial charge is 0.255 e. The molecule has 3 rings (SSSR count). The van der Waals surface area contributed by atoms with E-state index in [4.69, 9.17) is 9.73 Å². The van der Waals surface area contributed by atoms with E-state index in [1.807, 2.05) is 62.4 Å². The number of amidine groups is 1. The number of para-hydroxylation sites is 1. The first kappa shape index (κ1) is 21.0. The lowest BCUT2D eigenvalue weighted by atomic mass is 9.94. The molecule has 0 fully saturated rings. The van der Waals surface area contributed by atoms with Crippen LogP contribution in [0.5, 0.6) is 5.75 Å². The van der Waals surface area contributed by atoms with Gasteiger partial charge < -0.3 is 15.4 Å². The van der Waals surface area contributed by atoms with Crippen molar-refractivity contribution in [3.05, 3.63) is 70.9 Å². The Bertz CT molecular complexity index is 952. The lowest BCUT2D eigenvalue weighted by molar-refractivity contribution is -0.113. The molecule has 1 atom stereocenters. The number of anilines is 1. The van der Waals surface area contributed by atoms with E-state index in [1.54, 1.807) is 18.9 Å². The van der Waals surface area contributed by atoms with Gasteiger partial charge in [0.15, 0.2) is 5.17 Å². The summed E-state index contributed by atoms with van der Waals surface area (Å²) in [6.07, 6.45) is 0. The maximum absolute atomic E-state index is 13.2. The average molecular weight is 410 g/mol. The van der Waals surface area contributed by atoms with Crippen LogP contribution in [0.1, 0.15) is 37.9 Å². The second-order valence-electron chi connectivity index (χ2n) is 7.22. The molecule has 2 aromatic rings. The Morgan fingerprint density at radius 1 is 1.17 bits per heavy atom. The molecule has 0 aromatic heterocycles. The first-order valence-electron chi connectivity index (χ1n) is 9.62. The quantitative estimate of drug-likeness (QED) is 0.725. The third-order valence-corrected chi connectivity index (χ3v) is 5.49. The molecule has 0 radical (unpaired) electrons. The number of nitrogens with zero attached hydrogens (tertiary/aromatic N) is 1. The molecule has 0 aliphatic carbocycles. The number of hydrogen-bond donors (Lipinski definition) is 2. The second-order valence-corrected chi connectivity index (χ2v) is 8.78. The maximum Gasteiger partial charge on any atom is 0.255 e.